The second-order valence-corrected chi connectivity index (χ2v) is 6.12. The Morgan fingerprint density at radius 3 is 2.73 bits per heavy atom. The highest BCUT2D eigenvalue weighted by Crippen LogP contribution is 2.34. The van der Waals surface area contributed by atoms with E-state index in [1.807, 2.05) is 17.5 Å². The number of nitrogens with two attached hydrogens (primary N) is 1. The molecule has 1 aromatic carbocycles. The third-order valence-corrected chi connectivity index (χ3v) is 4.84. The molecule has 0 unspecified atom stereocenters. The van der Waals surface area contributed by atoms with Crippen molar-refractivity contribution in [2.75, 3.05) is 18.0 Å². The average Bonchev–Trinajstić information content (AvgIpc) is 3.04. The molecule has 22 heavy (non-hydrogen) atoms. The van der Waals surface area contributed by atoms with Gasteiger partial charge in [0, 0.05) is 30.0 Å². The zero-order chi connectivity index (χ0) is 15.5. The Morgan fingerprint density at radius 1 is 1.32 bits per heavy atom. The standard InChI is InChI=1S/C15H16N4O2S/c16-14(20)10-5-7-19(8-6-10)15-17-13(9-22-15)11-3-1-2-4-12(11)18-21/h1-4,9-10H,5-8H2,(H2,16,20). The summed E-state index contributed by atoms with van der Waals surface area (Å²) in [6.07, 6.45) is 1.52. The number of aromatic nitrogens is 1. The first kappa shape index (κ1) is 14.6. The largest absolute Gasteiger partial charge is 0.369 e. The third kappa shape index (κ3) is 2.85. The van der Waals surface area contributed by atoms with Crippen molar-refractivity contribution < 1.29 is 4.79 Å². The van der Waals surface area contributed by atoms with E-state index in [0.717, 1.165) is 42.3 Å². The fraction of sp³-hybridized carbons (Fsp3) is 0.333. The Bertz CT molecular complexity index is 692. The van der Waals surface area contributed by atoms with Crippen LogP contribution in [0, 0.1) is 10.8 Å². The van der Waals surface area contributed by atoms with Gasteiger partial charge in [-0.15, -0.1) is 16.2 Å². The third-order valence-electron chi connectivity index (χ3n) is 3.94. The number of hydrogen-bond donors (Lipinski definition) is 1. The maximum atomic E-state index is 11.2. The Hall–Kier alpha value is -2.28. The minimum Gasteiger partial charge on any atom is -0.369 e. The lowest BCUT2D eigenvalue weighted by Crippen LogP contribution is -2.38. The van der Waals surface area contributed by atoms with Crippen LogP contribution in [0.2, 0.25) is 0 Å². The molecule has 1 aliphatic heterocycles. The lowest BCUT2D eigenvalue weighted by Gasteiger charge is -2.30. The molecule has 0 spiro atoms. The molecule has 3 rings (SSSR count). The molecule has 114 valence electrons. The van der Waals surface area contributed by atoms with Crippen LogP contribution in [0.1, 0.15) is 12.8 Å². The van der Waals surface area contributed by atoms with E-state index in [4.69, 9.17) is 5.73 Å². The van der Waals surface area contributed by atoms with E-state index >= 15 is 0 Å². The van der Waals surface area contributed by atoms with Crippen molar-refractivity contribution >= 4 is 28.1 Å². The quantitative estimate of drug-likeness (QED) is 0.878. The molecule has 2 N–H and O–H groups in total. The van der Waals surface area contributed by atoms with Gasteiger partial charge in [0.2, 0.25) is 5.91 Å². The van der Waals surface area contributed by atoms with Crippen molar-refractivity contribution in [3.05, 3.63) is 34.6 Å². The maximum Gasteiger partial charge on any atom is 0.220 e. The number of carbonyl (C=O) groups is 1. The number of primary amides is 1. The molecule has 0 bridgehead atoms. The van der Waals surface area contributed by atoms with Gasteiger partial charge in [0.25, 0.3) is 0 Å². The molecule has 7 heteroatoms. The highest BCUT2D eigenvalue weighted by molar-refractivity contribution is 7.14. The number of benzene rings is 1. The summed E-state index contributed by atoms with van der Waals surface area (Å²) < 4.78 is 0. The molecule has 1 saturated heterocycles. The molecule has 1 fully saturated rings. The monoisotopic (exact) mass is 316 g/mol. The van der Waals surface area contributed by atoms with Crippen molar-refractivity contribution in [2.24, 2.45) is 16.8 Å². The number of nitrogens with zero attached hydrogens (tertiary/aromatic N) is 3. The molecule has 0 radical (unpaired) electrons. The Morgan fingerprint density at radius 2 is 2.05 bits per heavy atom. The SMILES string of the molecule is NC(=O)C1CCN(c2nc(-c3ccccc3N=O)cs2)CC1. The summed E-state index contributed by atoms with van der Waals surface area (Å²) in [6, 6.07) is 7.16. The van der Waals surface area contributed by atoms with E-state index in [1.54, 1.807) is 12.1 Å². The second-order valence-electron chi connectivity index (χ2n) is 5.29. The number of thiazole rings is 1. The Kier molecular flexibility index (Phi) is 4.15. The van der Waals surface area contributed by atoms with Crippen LogP contribution >= 0.6 is 11.3 Å². The normalized spacial score (nSPS) is 15.7. The van der Waals surface area contributed by atoms with Crippen molar-refractivity contribution in [1.29, 1.82) is 0 Å². The van der Waals surface area contributed by atoms with Crippen molar-refractivity contribution in [1.82, 2.24) is 4.98 Å². The molecule has 0 atom stereocenters. The van der Waals surface area contributed by atoms with Crippen LogP contribution in [0.15, 0.2) is 34.8 Å². The van der Waals surface area contributed by atoms with E-state index in [9.17, 15) is 9.70 Å². The number of piperidine rings is 1. The van der Waals surface area contributed by atoms with E-state index < -0.39 is 0 Å². The molecule has 0 aliphatic carbocycles. The molecule has 1 aliphatic rings. The first-order valence-corrected chi connectivity index (χ1v) is 7.99. The lowest BCUT2D eigenvalue weighted by molar-refractivity contribution is -0.122. The summed E-state index contributed by atoms with van der Waals surface area (Å²) in [5, 5.41) is 5.88. The minimum absolute atomic E-state index is 0.0318. The predicted octanol–water partition coefficient (Wildman–Crippen LogP) is 2.91. The van der Waals surface area contributed by atoms with Gasteiger partial charge in [-0.2, -0.15) is 0 Å². The van der Waals surface area contributed by atoms with Gasteiger partial charge in [0.15, 0.2) is 5.13 Å². The highest BCUT2D eigenvalue weighted by Gasteiger charge is 2.24. The molecule has 6 nitrogen and oxygen atoms in total. The van der Waals surface area contributed by atoms with Crippen molar-refractivity contribution in [3.8, 4) is 11.3 Å². The minimum atomic E-state index is -0.217. The van der Waals surface area contributed by atoms with Crippen molar-refractivity contribution in [2.45, 2.75) is 12.8 Å². The van der Waals surface area contributed by atoms with E-state index in [2.05, 4.69) is 15.1 Å². The van der Waals surface area contributed by atoms with Crippen molar-refractivity contribution in [3.63, 3.8) is 0 Å². The number of anilines is 1. The van der Waals surface area contributed by atoms with Crippen LogP contribution in [-0.2, 0) is 4.79 Å². The van der Waals surface area contributed by atoms with Gasteiger partial charge in [-0.05, 0) is 24.1 Å². The first-order valence-electron chi connectivity index (χ1n) is 7.11. The van der Waals surface area contributed by atoms with Crippen LogP contribution in [-0.4, -0.2) is 24.0 Å². The fourth-order valence-corrected chi connectivity index (χ4v) is 3.54. The second kappa shape index (κ2) is 6.23. The van der Waals surface area contributed by atoms with Gasteiger partial charge in [0.1, 0.15) is 5.69 Å². The fourth-order valence-electron chi connectivity index (χ4n) is 2.66. The van der Waals surface area contributed by atoms with Gasteiger partial charge in [0.05, 0.1) is 5.69 Å². The van der Waals surface area contributed by atoms with Crippen LogP contribution < -0.4 is 10.6 Å². The van der Waals surface area contributed by atoms with Crippen LogP contribution in [0.4, 0.5) is 10.8 Å². The van der Waals surface area contributed by atoms with E-state index in [1.165, 1.54) is 11.3 Å². The summed E-state index contributed by atoms with van der Waals surface area (Å²) in [5.74, 6) is -0.249. The lowest BCUT2D eigenvalue weighted by atomic mass is 9.97. The summed E-state index contributed by atoms with van der Waals surface area (Å²) in [6.45, 7) is 1.54. The molecular formula is C15H16N4O2S. The number of nitroso groups, excluding NO2 is 1. The smallest absolute Gasteiger partial charge is 0.220 e. The number of hydrogen-bond acceptors (Lipinski definition) is 6. The maximum absolute atomic E-state index is 11.2. The topological polar surface area (TPSA) is 88.7 Å². The van der Waals surface area contributed by atoms with Crippen LogP contribution in [0.5, 0.6) is 0 Å². The molecule has 1 aromatic heterocycles. The van der Waals surface area contributed by atoms with Gasteiger partial charge < -0.3 is 10.6 Å². The molecule has 0 saturated carbocycles. The molecule has 2 aromatic rings. The molecule has 2 heterocycles. The highest BCUT2D eigenvalue weighted by atomic mass is 32.1. The summed E-state index contributed by atoms with van der Waals surface area (Å²) in [7, 11) is 0. The first-order chi connectivity index (χ1) is 10.7. The van der Waals surface area contributed by atoms with Gasteiger partial charge in [-0.3, -0.25) is 4.79 Å². The van der Waals surface area contributed by atoms with Gasteiger partial charge in [-0.1, -0.05) is 18.2 Å². The Balaban J connectivity index is 1.77. The van der Waals surface area contributed by atoms with Gasteiger partial charge >= 0.3 is 0 Å². The van der Waals surface area contributed by atoms with Gasteiger partial charge in [-0.25, -0.2) is 4.98 Å². The summed E-state index contributed by atoms with van der Waals surface area (Å²) in [4.78, 5) is 28.9. The van der Waals surface area contributed by atoms with E-state index in [0.29, 0.717) is 5.69 Å². The molecular weight excluding hydrogens is 300 g/mol. The van der Waals surface area contributed by atoms with Crippen LogP contribution in [0.25, 0.3) is 11.3 Å². The average molecular weight is 316 g/mol. The number of rotatable bonds is 4. The predicted molar refractivity (Wildman–Crippen MR) is 87.1 cm³/mol. The van der Waals surface area contributed by atoms with Crippen LogP contribution in [0.3, 0.4) is 0 Å². The van der Waals surface area contributed by atoms with E-state index in [-0.39, 0.29) is 11.8 Å². The zero-order valence-corrected chi connectivity index (χ0v) is 12.8. The number of carbonyl (C=O) groups excluding carboxylic acids is 1. The summed E-state index contributed by atoms with van der Waals surface area (Å²) >= 11 is 1.53. The number of amides is 1. The summed E-state index contributed by atoms with van der Waals surface area (Å²) in [5.41, 5.74) is 7.25. The Labute approximate surface area is 131 Å². The zero-order valence-electron chi connectivity index (χ0n) is 11.9. The molecule has 1 amide bonds.